The highest BCUT2D eigenvalue weighted by Crippen LogP contribution is 2.34. The summed E-state index contributed by atoms with van der Waals surface area (Å²) in [6.45, 7) is 1.85. The zero-order valence-electron chi connectivity index (χ0n) is 18.4. The standard InChI is InChI=1S/C21H25F3N6O2S2/c22-21(23,24)18-28-29-19(34-18)27-16(31)15-12-33-17(26-15)14-7-10-30(11-8-14)20(32)25-9-6-13-4-2-1-3-5-13/h4,12,14H,1-3,5-11H2,(H,25,32)(H,27,29,31). The molecule has 1 aliphatic heterocycles. The molecule has 184 valence electrons. The highest BCUT2D eigenvalue weighted by molar-refractivity contribution is 7.15. The quantitative estimate of drug-likeness (QED) is 0.526. The van der Waals surface area contributed by atoms with E-state index in [0.29, 0.717) is 19.6 Å². The van der Waals surface area contributed by atoms with Gasteiger partial charge in [0.15, 0.2) is 0 Å². The van der Waals surface area contributed by atoms with Crippen molar-refractivity contribution in [3.8, 4) is 0 Å². The van der Waals surface area contributed by atoms with Gasteiger partial charge in [-0.05, 0) is 44.9 Å². The predicted octanol–water partition coefficient (Wildman–Crippen LogP) is 5.05. The first kappa shape index (κ1) is 24.6. The first-order valence-electron chi connectivity index (χ1n) is 11.2. The molecule has 2 aromatic rings. The smallest absolute Gasteiger partial charge is 0.338 e. The van der Waals surface area contributed by atoms with Crippen LogP contribution in [-0.2, 0) is 6.18 Å². The highest BCUT2D eigenvalue weighted by Gasteiger charge is 2.36. The molecular weight excluding hydrogens is 489 g/mol. The van der Waals surface area contributed by atoms with Crippen LogP contribution in [0.4, 0.5) is 23.1 Å². The molecular formula is C21H25F3N6O2S2. The highest BCUT2D eigenvalue weighted by atomic mass is 32.1. The van der Waals surface area contributed by atoms with E-state index in [-0.39, 0.29) is 34.1 Å². The summed E-state index contributed by atoms with van der Waals surface area (Å²) < 4.78 is 37.9. The minimum Gasteiger partial charge on any atom is -0.338 e. The van der Waals surface area contributed by atoms with Crippen molar-refractivity contribution in [3.63, 3.8) is 0 Å². The number of carbonyl (C=O) groups excluding carboxylic acids is 2. The van der Waals surface area contributed by atoms with E-state index in [0.717, 1.165) is 37.1 Å². The number of rotatable bonds is 6. The summed E-state index contributed by atoms with van der Waals surface area (Å²) in [5.74, 6) is -0.501. The van der Waals surface area contributed by atoms with Crippen molar-refractivity contribution in [1.29, 1.82) is 0 Å². The number of likely N-dealkylation sites (tertiary alicyclic amines) is 1. The third-order valence-corrected chi connectivity index (χ3v) is 7.77. The fourth-order valence-electron chi connectivity index (χ4n) is 4.03. The Labute approximate surface area is 202 Å². The Morgan fingerprint density at radius 3 is 2.65 bits per heavy atom. The van der Waals surface area contributed by atoms with Crippen molar-refractivity contribution in [1.82, 2.24) is 25.4 Å². The number of allylic oxidation sites excluding steroid dienone is 1. The number of aromatic nitrogens is 3. The third-order valence-electron chi connectivity index (χ3n) is 5.88. The first-order chi connectivity index (χ1) is 16.3. The second-order valence-corrected chi connectivity index (χ2v) is 10.2. The monoisotopic (exact) mass is 514 g/mol. The van der Waals surface area contributed by atoms with Gasteiger partial charge in [0.05, 0.1) is 5.01 Å². The van der Waals surface area contributed by atoms with Crippen molar-refractivity contribution >= 4 is 39.7 Å². The maximum absolute atomic E-state index is 12.6. The Bertz CT molecular complexity index is 1040. The number of urea groups is 1. The maximum Gasteiger partial charge on any atom is 0.445 e. The number of hydrogen-bond acceptors (Lipinski definition) is 7. The minimum atomic E-state index is -4.60. The summed E-state index contributed by atoms with van der Waals surface area (Å²) >= 11 is 1.60. The van der Waals surface area contributed by atoms with E-state index in [1.165, 1.54) is 29.8 Å². The molecule has 13 heteroatoms. The lowest BCUT2D eigenvalue weighted by Crippen LogP contribution is -2.44. The molecule has 4 rings (SSSR count). The molecule has 0 radical (unpaired) electrons. The molecule has 1 aliphatic carbocycles. The van der Waals surface area contributed by atoms with E-state index < -0.39 is 17.1 Å². The molecule has 3 heterocycles. The van der Waals surface area contributed by atoms with Crippen LogP contribution >= 0.6 is 22.7 Å². The van der Waals surface area contributed by atoms with E-state index in [4.69, 9.17) is 0 Å². The summed E-state index contributed by atoms with van der Waals surface area (Å²) in [5.41, 5.74) is 1.56. The van der Waals surface area contributed by atoms with Gasteiger partial charge in [0.2, 0.25) is 10.1 Å². The van der Waals surface area contributed by atoms with Crippen LogP contribution < -0.4 is 10.6 Å². The lowest BCUT2D eigenvalue weighted by Gasteiger charge is -2.31. The molecule has 0 spiro atoms. The van der Waals surface area contributed by atoms with Gasteiger partial charge in [-0.15, -0.1) is 21.5 Å². The number of piperidine rings is 1. The Hall–Kier alpha value is -2.54. The van der Waals surface area contributed by atoms with Gasteiger partial charge in [0.25, 0.3) is 5.91 Å². The number of hydrogen-bond donors (Lipinski definition) is 2. The number of carbonyl (C=O) groups is 2. The first-order valence-corrected chi connectivity index (χ1v) is 12.9. The van der Waals surface area contributed by atoms with Crippen LogP contribution in [0.25, 0.3) is 0 Å². The second kappa shape index (κ2) is 10.8. The largest absolute Gasteiger partial charge is 0.445 e. The van der Waals surface area contributed by atoms with Gasteiger partial charge in [-0.3, -0.25) is 10.1 Å². The zero-order valence-corrected chi connectivity index (χ0v) is 20.0. The maximum atomic E-state index is 12.6. The molecule has 2 aliphatic rings. The van der Waals surface area contributed by atoms with Gasteiger partial charge >= 0.3 is 12.2 Å². The molecule has 0 atom stereocenters. The summed E-state index contributed by atoms with van der Waals surface area (Å²) in [7, 11) is 0. The number of amides is 3. The Morgan fingerprint density at radius 2 is 1.97 bits per heavy atom. The van der Waals surface area contributed by atoms with E-state index in [1.54, 1.807) is 10.3 Å². The molecule has 1 saturated heterocycles. The van der Waals surface area contributed by atoms with Crippen molar-refractivity contribution in [2.45, 2.75) is 57.0 Å². The summed E-state index contributed by atoms with van der Waals surface area (Å²) in [4.78, 5) is 31.0. The van der Waals surface area contributed by atoms with Crippen molar-refractivity contribution in [3.05, 3.63) is 32.7 Å². The van der Waals surface area contributed by atoms with Crippen LogP contribution in [0, 0.1) is 0 Å². The average molecular weight is 515 g/mol. The van der Waals surface area contributed by atoms with E-state index in [1.807, 2.05) is 0 Å². The zero-order chi connectivity index (χ0) is 24.1. The number of anilines is 1. The SMILES string of the molecule is O=C(Nc1nnc(C(F)(F)F)s1)c1csc(C2CCN(C(=O)NCCC3=CCCCC3)CC2)n1. The van der Waals surface area contributed by atoms with Crippen LogP contribution in [0.1, 0.15) is 71.4 Å². The summed E-state index contributed by atoms with van der Waals surface area (Å²) in [5, 5.41) is 12.7. The molecule has 34 heavy (non-hydrogen) atoms. The van der Waals surface area contributed by atoms with Gasteiger partial charge in [0.1, 0.15) is 5.69 Å². The second-order valence-electron chi connectivity index (χ2n) is 8.29. The molecule has 0 bridgehead atoms. The number of nitrogens with one attached hydrogen (secondary N) is 2. The van der Waals surface area contributed by atoms with Crippen molar-refractivity contribution in [2.75, 3.05) is 25.0 Å². The third kappa shape index (κ3) is 6.32. The lowest BCUT2D eigenvalue weighted by atomic mass is 9.97. The van der Waals surface area contributed by atoms with Gasteiger partial charge in [-0.1, -0.05) is 23.0 Å². The summed E-state index contributed by atoms with van der Waals surface area (Å²) in [6.07, 6.45) is 4.81. The number of nitrogens with zero attached hydrogens (tertiary/aromatic N) is 4. The Balaban J connectivity index is 1.23. The Kier molecular flexibility index (Phi) is 7.81. The predicted molar refractivity (Wildman–Crippen MR) is 123 cm³/mol. The molecule has 0 unspecified atom stereocenters. The lowest BCUT2D eigenvalue weighted by molar-refractivity contribution is -0.138. The van der Waals surface area contributed by atoms with E-state index >= 15 is 0 Å². The van der Waals surface area contributed by atoms with Gasteiger partial charge in [0, 0.05) is 30.9 Å². The topological polar surface area (TPSA) is 100 Å². The number of halogens is 3. The van der Waals surface area contributed by atoms with Gasteiger partial charge < -0.3 is 10.2 Å². The van der Waals surface area contributed by atoms with Crippen LogP contribution in [0.2, 0.25) is 0 Å². The number of thiazole rings is 1. The van der Waals surface area contributed by atoms with Crippen molar-refractivity contribution < 1.29 is 22.8 Å². The molecule has 3 amide bonds. The Morgan fingerprint density at radius 1 is 1.18 bits per heavy atom. The van der Waals surface area contributed by atoms with Gasteiger partial charge in [-0.25, -0.2) is 9.78 Å². The molecule has 0 aromatic carbocycles. The fourth-order valence-corrected chi connectivity index (χ4v) is 5.61. The summed E-state index contributed by atoms with van der Waals surface area (Å²) in [6, 6.07) is -0.0515. The fraction of sp³-hybridized carbons (Fsp3) is 0.571. The molecule has 2 N–H and O–H groups in total. The normalized spacial score (nSPS) is 17.4. The van der Waals surface area contributed by atoms with Crippen LogP contribution in [0.5, 0.6) is 0 Å². The van der Waals surface area contributed by atoms with E-state index in [9.17, 15) is 22.8 Å². The minimum absolute atomic E-state index is 0.0515. The van der Waals surface area contributed by atoms with E-state index in [2.05, 4.69) is 31.9 Å². The average Bonchev–Trinajstić information content (AvgIpc) is 3.50. The number of alkyl halides is 3. The molecule has 2 aromatic heterocycles. The van der Waals surface area contributed by atoms with Crippen LogP contribution in [-0.4, -0.2) is 51.7 Å². The molecule has 8 nitrogen and oxygen atoms in total. The van der Waals surface area contributed by atoms with Crippen LogP contribution in [0.3, 0.4) is 0 Å². The van der Waals surface area contributed by atoms with Crippen LogP contribution in [0.15, 0.2) is 17.0 Å². The van der Waals surface area contributed by atoms with Crippen molar-refractivity contribution in [2.24, 2.45) is 0 Å². The van der Waals surface area contributed by atoms with Gasteiger partial charge in [-0.2, -0.15) is 13.2 Å². The molecule has 0 saturated carbocycles. The molecule has 1 fully saturated rings.